The summed E-state index contributed by atoms with van der Waals surface area (Å²) in [6.45, 7) is 0.511. The van der Waals surface area contributed by atoms with Crippen LogP contribution in [0.15, 0.2) is 54.9 Å². The number of anilines is 1. The van der Waals surface area contributed by atoms with E-state index in [0.29, 0.717) is 12.4 Å². The van der Waals surface area contributed by atoms with Crippen molar-refractivity contribution in [2.24, 2.45) is 7.05 Å². The highest BCUT2D eigenvalue weighted by Gasteiger charge is 2.09. The van der Waals surface area contributed by atoms with Crippen molar-refractivity contribution in [1.29, 1.82) is 0 Å². The second-order valence-corrected chi connectivity index (χ2v) is 6.49. The fourth-order valence-electron chi connectivity index (χ4n) is 3.02. The number of benzene rings is 2. The molecule has 0 atom stereocenters. The summed E-state index contributed by atoms with van der Waals surface area (Å²) < 4.78 is 6.96. The molecule has 0 spiro atoms. The molecular weight excluding hydrogens is 356 g/mol. The molecule has 0 bridgehead atoms. The van der Waals surface area contributed by atoms with Gasteiger partial charge < -0.3 is 10.1 Å². The zero-order valence-corrected chi connectivity index (χ0v) is 15.7. The minimum Gasteiger partial charge on any atom is -0.497 e. The summed E-state index contributed by atoms with van der Waals surface area (Å²) >= 11 is 0. The monoisotopic (exact) mass is 376 g/mol. The molecule has 2 aromatic carbocycles. The second kappa shape index (κ2) is 7.51. The van der Waals surface area contributed by atoms with Crippen LogP contribution < -0.4 is 10.1 Å². The van der Waals surface area contributed by atoms with E-state index < -0.39 is 0 Å². The Hall–Kier alpha value is -3.68. The standard InChI is InChI=1S/C20H20N6O2/c1-25-18-8-5-15(9-16(18)11-21-25)10-20(27)23-19-12-22-26(24-19)13-14-3-6-17(28-2)7-4-14/h3-9,11-12H,10,13H2,1-2H3,(H,23,24,27). The molecule has 28 heavy (non-hydrogen) atoms. The van der Waals surface area contributed by atoms with E-state index in [2.05, 4.69) is 20.6 Å². The molecule has 0 aliphatic rings. The molecule has 0 radical (unpaired) electrons. The summed E-state index contributed by atoms with van der Waals surface area (Å²) in [4.78, 5) is 13.9. The molecule has 4 aromatic rings. The highest BCUT2D eigenvalue weighted by molar-refractivity contribution is 5.92. The first kappa shape index (κ1) is 17.7. The van der Waals surface area contributed by atoms with Crippen LogP contribution in [0.2, 0.25) is 0 Å². The lowest BCUT2D eigenvalue weighted by Crippen LogP contribution is -2.15. The molecule has 1 N–H and O–H groups in total. The average Bonchev–Trinajstić information content (AvgIpc) is 3.28. The fraction of sp³-hybridized carbons (Fsp3) is 0.200. The van der Waals surface area contributed by atoms with Crippen LogP contribution in [0, 0.1) is 0 Å². The lowest BCUT2D eigenvalue weighted by molar-refractivity contribution is -0.115. The first-order valence-corrected chi connectivity index (χ1v) is 8.84. The predicted molar refractivity (Wildman–Crippen MR) is 105 cm³/mol. The van der Waals surface area contributed by atoms with E-state index in [-0.39, 0.29) is 12.3 Å². The summed E-state index contributed by atoms with van der Waals surface area (Å²) in [5, 5.41) is 16.5. The lowest BCUT2D eigenvalue weighted by atomic mass is 10.1. The number of aryl methyl sites for hydroxylation is 1. The van der Waals surface area contributed by atoms with Crippen molar-refractivity contribution >= 4 is 22.6 Å². The van der Waals surface area contributed by atoms with Crippen molar-refractivity contribution in [3.05, 3.63) is 66.0 Å². The van der Waals surface area contributed by atoms with Crippen molar-refractivity contribution in [1.82, 2.24) is 24.8 Å². The second-order valence-electron chi connectivity index (χ2n) is 6.49. The lowest BCUT2D eigenvalue weighted by Gasteiger charge is -2.04. The maximum Gasteiger partial charge on any atom is 0.230 e. The molecule has 0 aliphatic carbocycles. The third-order valence-corrected chi connectivity index (χ3v) is 4.46. The Balaban J connectivity index is 1.37. The van der Waals surface area contributed by atoms with Gasteiger partial charge in [-0.3, -0.25) is 9.48 Å². The molecular formula is C20H20N6O2. The topological polar surface area (TPSA) is 86.9 Å². The van der Waals surface area contributed by atoms with E-state index in [1.807, 2.05) is 49.5 Å². The van der Waals surface area contributed by atoms with Gasteiger partial charge >= 0.3 is 0 Å². The summed E-state index contributed by atoms with van der Waals surface area (Å²) in [5.74, 6) is 1.09. The van der Waals surface area contributed by atoms with Crippen LogP contribution in [0.4, 0.5) is 5.82 Å². The van der Waals surface area contributed by atoms with E-state index in [4.69, 9.17) is 4.74 Å². The van der Waals surface area contributed by atoms with Gasteiger partial charge in [0.05, 0.1) is 38.0 Å². The number of nitrogens with zero attached hydrogens (tertiary/aromatic N) is 5. The number of rotatable bonds is 6. The number of aromatic nitrogens is 5. The van der Waals surface area contributed by atoms with Gasteiger partial charge in [-0.15, -0.1) is 5.10 Å². The summed E-state index contributed by atoms with van der Waals surface area (Å²) in [6.07, 6.45) is 3.60. The molecule has 142 valence electrons. The van der Waals surface area contributed by atoms with Gasteiger partial charge in [0.25, 0.3) is 0 Å². The van der Waals surface area contributed by atoms with Crippen molar-refractivity contribution in [2.75, 3.05) is 12.4 Å². The highest BCUT2D eigenvalue weighted by atomic mass is 16.5. The number of amides is 1. The number of methoxy groups -OCH3 is 1. The highest BCUT2D eigenvalue weighted by Crippen LogP contribution is 2.16. The van der Waals surface area contributed by atoms with Gasteiger partial charge in [-0.25, -0.2) is 0 Å². The zero-order valence-electron chi connectivity index (χ0n) is 15.7. The Morgan fingerprint density at radius 1 is 1.07 bits per heavy atom. The molecule has 8 heteroatoms. The number of hydrogen-bond donors (Lipinski definition) is 1. The van der Waals surface area contributed by atoms with E-state index >= 15 is 0 Å². The molecule has 0 saturated heterocycles. The number of ether oxygens (including phenoxy) is 1. The summed E-state index contributed by atoms with van der Waals surface area (Å²) in [5.41, 5.74) is 2.99. The van der Waals surface area contributed by atoms with Crippen LogP contribution in [0.25, 0.3) is 10.9 Å². The fourth-order valence-corrected chi connectivity index (χ4v) is 3.02. The zero-order chi connectivity index (χ0) is 19.5. The summed E-state index contributed by atoms with van der Waals surface area (Å²) in [7, 11) is 3.53. The number of carbonyl (C=O) groups is 1. The third-order valence-electron chi connectivity index (χ3n) is 4.46. The first-order chi connectivity index (χ1) is 13.6. The normalized spacial score (nSPS) is 10.9. The van der Waals surface area contributed by atoms with Gasteiger partial charge in [0.2, 0.25) is 5.91 Å². The van der Waals surface area contributed by atoms with Gasteiger partial charge in [0, 0.05) is 12.4 Å². The van der Waals surface area contributed by atoms with Gasteiger partial charge in [0.1, 0.15) is 5.75 Å². The smallest absolute Gasteiger partial charge is 0.230 e. The van der Waals surface area contributed by atoms with Crippen LogP contribution in [0.5, 0.6) is 5.75 Å². The summed E-state index contributed by atoms with van der Waals surface area (Å²) in [6, 6.07) is 13.6. The van der Waals surface area contributed by atoms with Crippen molar-refractivity contribution in [2.45, 2.75) is 13.0 Å². The molecule has 0 fully saturated rings. The minimum absolute atomic E-state index is 0.139. The number of carbonyl (C=O) groups excluding carboxylic acids is 1. The first-order valence-electron chi connectivity index (χ1n) is 8.84. The Kier molecular flexibility index (Phi) is 4.76. The van der Waals surface area contributed by atoms with Crippen molar-refractivity contribution < 1.29 is 9.53 Å². The van der Waals surface area contributed by atoms with Crippen molar-refractivity contribution in [3.8, 4) is 5.75 Å². The largest absolute Gasteiger partial charge is 0.497 e. The van der Waals surface area contributed by atoms with Gasteiger partial charge in [-0.1, -0.05) is 18.2 Å². The van der Waals surface area contributed by atoms with E-state index in [1.54, 1.807) is 29.0 Å². The maximum atomic E-state index is 12.3. The third kappa shape index (κ3) is 3.85. The molecule has 4 rings (SSSR count). The van der Waals surface area contributed by atoms with Crippen LogP contribution in [0.1, 0.15) is 11.1 Å². The Morgan fingerprint density at radius 2 is 1.86 bits per heavy atom. The Morgan fingerprint density at radius 3 is 2.64 bits per heavy atom. The number of fused-ring (bicyclic) bond motifs is 1. The van der Waals surface area contributed by atoms with Crippen LogP contribution >= 0.6 is 0 Å². The minimum atomic E-state index is -0.139. The molecule has 0 unspecified atom stereocenters. The molecule has 2 heterocycles. The Labute approximate surface area is 161 Å². The van der Waals surface area contributed by atoms with Gasteiger partial charge in [0.15, 0.2) is 5.82 Å². The van der Waals surface area contributed by atoms with Crippen molar-refractivity contribution in [3.63, 3.8) is 0 Å². The van der Waals surface area contributed by atoms with Crippen LogP contribution in [0.3, 0.4) is 0 Å². The van der Waals surface area contributed by atoms with Gasteiger partial charge in [-0.05, 0) is 35.4 Å². The molecule has 1 amide bonds. The predicted octanol–water partition coefficient (Wildman–Crippen LogP) is 2.40. The van der Waals surface area contributed by atoms with E-state index in [9.17, 15) is 4.79 Å². The molecule has 0 aliphatic heterocycles. The number of hydrogen-bond acceptors (Lipinski definition) is 5. The SMILES string of the molecule is COc1ccc(Cn2ncc(NC(=O)Cc3ccc4c(cnn4C)c3)n2)cc1. The van der Waals surface area contributed by atoms with Crippen LogP contribution in [-0.2, 0) is 24.8 Å². The molecule has 2 aromatic heterocycles. The van der Waals surface area contributed by atoms with E-state index in [1.165, 1.54) is 0 Å². The molecule has 0 saturated carbocycles. The van der Waals surface area contributed by atoms with E-state index in [0.717, 1.165) is 27.8 Å². The quantitative estimate of drug-likeness (QED) is 0.558. The maximum absolute atomic E-state index is 12.3. The Bertz CT molecular complexity index is 1110. The van der Waals surface area contributed by atoms with Crippen LogP contribution in [-0.4, -0.2) is 37.8 Å². The number of nitrogens with one attached hydrogen (secondary N) is 1. The average molecular weight is 376 g/mol. The van der Waals surface area contributed by atoms with Gasteiger partial charge in [-0.2, -0.15) is 15.0 Å². The molecule has 8 nitrogen and oxygen atoms in total.